The first-order chi connectivity index (χ1) is 10.6. The summed E-state index contributed by atoms with van der Waals surface area (Å²) >= 11 is 5.98. The molecule has 1 amide bonds. The molecule has 1 aliphatic rings. The summed E-state index contributed by atoms with van der Waals surface area (Å²) in [6, 6.07) is 9.33. The number of carbonyl (C=O) groups is 1. The number of benzene rings is 1. The van der Waals surface area contributed by atoms with Crippen molar-refractivity contribution in [3.8, 4) is 11.3 Å². The fourth-order valence-corrected chi connectivity index (χ4v) is 2.83. The van der Waals surface area contributed by atoms with Gasteiger partial charge in [0.1, 0.15) is 0 Å². The van der Waals surface area contributed by atoms with Crippen LogP contribution in [-0.4, -0.2) is 41.1 Å². The van der Waals surface area contributed by atoms with Gasteiger partial charge in [-0.3, -0.25) is 4.79 Å². The predicted molar refractivity (Wildman–Crippen MR) is 84.9 cm³/mol. The monoisotopic (exact) mass is 319 g/mol. The third kappa shape index (κ3) is 2.87. The van der Waals surface area contributed by atoms with Gasteiger partial charge in [0.25, 0.3) is 5.91 Å². The SMILES string of the molecule is CC1NCCN(C(=O)c2cc(-c3cccc(Cl)c3)on2)C1C. The smallest absolute Gasteiger partial charge is 0.276 e. The molecule has 2 heterocycles. The second-order valence-corrected chi connectivity index (χ2v) is 6.01. The van der Waals surface area contributed by atoms with E-state index in [1.54, 1.807) is 18.2 Å². The number of hydrogen-bond acceptors (Lipinski definition) is 4. The van der Waals surface area contributed by atoms with E-state index < -0.39 is 0 Å². The van der Waals surface area contributed by atoms with Crippen molar-refractivity contribution < 1.29 is 9.32 Å². The zero-order valence-corrected chi connectivity index (χ0v) is 13.3. The number of rotatable bonds is 2. The Labute approximate surface area is 134 Å². The summed E-state index contributed by atoms with van der Waals surface area (Å²) in [7, 11) is 0. The van der Waals surface area contributed by atoms with E-state index in [1.165, 1.54) is 0 Å². The lowest BCUT2D eigenvalue weighted by Crippen LogP contribution is -2.57. The molecule has 22 heavy (non-hydrogen) atoms. The number of aromatic nitrogens is 1. The van der Waals surface area contributed by atoms with Crippen molar-refractivity contribution in [2.45, 2.75) is 25.9 Å². The molecule has 1 aromatic heterocycles. The largest absolute Gasteiger partial charge is 0.355 e. The molecular weight excluding hydrogens is 302 g/mol. The highest BCUT2D eigenvalue weighted by Gasteiger charge is 2.30. The molecule has 1 aliphatic heterocycles. The zero-order chi connectivity index (χ0) is 15.7. The maximum atomic E-state index is 12.6. The van der Waals surface area contributed by atoms with E-state index >= 15 is 0 Å². The van der Waals surface area contributed by atoms with E-state index in [9.17, 15) is 4.79 Å². The van der Waals surface area contributed by atoms with Crippen LogP contribution in [0.1, 0.15) is 24.3 Å². The number of piperazine rings is 1. The molecule has 1 N–H and O–H groups in total. The van der Waals surface area contributed by atoms with E-state index in [0.717, 1.165) is 12.1 Å². The van der Waals surface area contributed by atoms with Crippen LogP contribution in [0, 0.1) is 0 Å². The van der Waals surface area contributed by atoms with Crippen LogP contribution in [0.2, 0.25) is 5.02 Å². The average Bonchev–Trinajstić information content (AvgIpc) is 2.99. The van der Waals surface area contributed by atoms with Crippen molar-refractivity contribution in [3.63, 3.8) is 0 Å². The quantitative estimate of drug-likeness (QED) is 0.924. The number of nitrogens with zero attached hydrogens (tertiary/aromatic N) is 2. The maximum absolute atomic E-state index is 12.6. The van der Waals surface area contributed by atoms with Crippen molar-refractivity contribution in [3.05, 3.63) is 41.0 Å². The summed E-state index contributed by atoms with van der Waals surface area (Å²) in [6.07, 6.45) is 0. The molecule has 0 radical (unpaired) electrons. The first-order valence-electron chi connectivity index (χ1n) is 7.33. The van der Waals surface area contributed by atoms with E-state index in [2.05, 4.69) is 17.4 Å². The number of nitrogens with one attached hydrogen (secondary N) is 1. The van der Waals surface area contributed by atoms with E-state index in [0.29, 0.717) is 23.0 Å². The number of hydrogen-bond donors (Lipinski definition) is 1. The summed E-state index contributed by atoms with van der Waals surface area (Å²) < 4.78 is 5.31. The third-order valence-electron chi connectivity index (χ3n) is 4.13. The second kappa shape index (κ2) is 6.10. The summed E-state index contributed by atoms with van der Waals surface area (Å²) in [5.74, 6) is 0.444. The van der Waals surface area contributed by atoms with Crippen LogP contribution in [0.3, 0.4) is 0 Å². The van der Waals surface area contributed by atoms with Gasteiger partial charge in [0.15, 0.2) is 11.5 Å². The van der Waals surface area contributed by atoms with Crippen LogP contribution in [0.4, 0.5) is 0 Å². The van der Waals surface area contributed by atoms with E-state index in [-0.39, 0.29) is 18.0 Å². The molecule has 3 rings (SSSR count). The Morgan fingerprint density at radius 3 is 3.00 bits per heavy atom. The van der Waals surface area contributed by atoms with Gasteiger partial charge in [-0.15, -0.1) is 0 Å². The second-order valence-electron chi connectivity index (χ2n) is 5.57. The van der Waals surface area contributed by atoms with Gasteiger partial charge >= 0.3 is 0 Å². The van der Waals surface area contributed by atoms with Crippen molar-refractivity contribution >= 4 is 17.5 Å². The van der Waals surface area contributed by atoms with Gasteiger partial charge in [-0.25, -0.2) is 0 Å². The highest BCUT2D eigenvalue weighted by molar-refractivity contribution is 6.30. The van der Waals surface area contributed by atoms with E-state index in [4.69, 9.17) is 16.1 Å². The average molecular weight is 320 g/mol. The van der Waals surface area contributed by atoms with Crippen molar-refractivity contribution in [2.75, 3.05) is 13.1 Å². The minimum Gasteiger partial charge on any atom is -0.355 e. The summed E-state index contributed by atoms with van der Waals surface area (Å²) in [4.78, 5) is 14.5. The predicted octanol–water partition coefficient (Wildman–Crippen LogP) is 2.82. The molecule has 1 aromatic carbocycles. The minimum absolute atomic E-state index is 0.0992. The Bertz CT molecular complexity index is 686. The molecule has 2 aromatic rings. The zero-order valence-electron chi connectivity index (χ0n) is 12.5. The molecule has 2 unspecified atom stereocenters. The van der Waals surface area contributed by atoms with Gasteiger partial charge < -0.3 is 14.7 Å². The lowest BCUT2D eigenvalue weighted by molar-refractivity contribution is 0.0592. The summed E-state index contributed by atoms with van der Waals surface area (Å²) in [5, 5.41) is 7.90. The van der Waals surface area contributed by atoms with Gasteiger partial charge in [-0.05, 0) is 26.0 Å². The normalized spacial score (nSPS) is 21.9. The third-order valence-corrected chi connectivity index (χ3v) is 4.37. The Hall–Kier alpha value is -1.85. The molecule has 0 aliphatic carbocycles. The Balaban J connectivity index is 1.83. The van der Waals surface area contributed by atoms with Gasteiger partial charge in [-0.2, -0.15) is 0 Å². The number of halogens is 1. The van der Waals surface area contributed by atoms with Crippen LogP contribution in [0.25, 0.3) is 11.3 Å². The van der Waals surface area contributed by atoms with Crippen LogP contribution < -0.4 is 5.32 Å². The standard InChI is InChI=1S/C16H18ClN3O2/c1-10-11(2)20(7-6-18-10)16(21)14-9-15(22-19-14)12-4-3-5-13(17)8-12/h3-5,8-11,18H,6-7H2,1-2H3. The number of amides is 1. The molecular formula is C16H18ClN3O2. The molecule has 5 nitrogen and oxygen atoms in total. The summed E-state index contributed by atoms with van der Waals surface area (Å²) in [6.45, 7) is 5.57. The first-order valence-corrected chi connectivity index (χ1v) is 7.71. The Morgan fingerprint density at radius 1 is 1.41 bits per heavy atom. The Morgan fingerprint density at radius 2 is 2.23 bits per heavy atom. The van der Waals surface area contributed by atoms with Crippen molar-refractivity contribution in [1.82, 2.24) is 15.4 Å². The van der Waals surface area contributed by atoms with E-state index in [1.807, 2.05) is 24.0 Å². The summed E-state index contributed by atoms with van der Waals surface area (Å²) in [5.41, 5.74) is 1.14. The maximum Gasteiger partial charge on any atom is 0.276 e. The highest BCUT2D eigenvalue weighted by atomic mass is 35.5. The molecule has 6 heteroatoms. The van der Waals surface area contributed by atoms with Crippen molar-refractivity contribution in [2.24, 2.45) is 0 Å². The Kier molecular flexibility index (Phi) is 4.18. The molecule has 1 saturated heterocycles. The molecule has 2 atom stereocenters. The minimum atomic E-state index is -0.0992. The molecule has 0 bridgehead atoms. The lowest BCUT2D eigenvalue weighted by atomic mass is 10.1. The van der Waals surface area contributed by atoms with Gasteiger partial charge in [-0.1, -0.05) is 28.9 Å². The molecule has 1 fully saturated rings. The molecule has 0 saturated carbocycles. The van der Waals surface area contributed by atoms with Gasteiger partial charge in [0.2, 0.25) is 0 Å². The highest BCUT2D eigenvalue weighted by Crippen LogP contribution is 2.24. The molecule has 0 spiro atoms. The fourth-order valence-electron chi connectivity index (χ4n) is 2.64. The fraction of sp³-hybridized carbons (Fsp3) is 0.375. The van der Waals surface area contributed by atoms with Crippen LogP contribution in [0.5, 0.6) is 0 Å². The van der Waals surface area contributed by atoms with Crippen LogP contribution >= 0.6 is 11.6 Å². The van der Waals surface area contributed by atoms with Crippen LogP contribution in [0.15, 0.2) is 34.9 Å². The lowest BCUT2D eigenvalue weighted by Gasteiger charge is -2.38. The van der Waals surface area contributed by atoms with Gasteiger partial charge in [0.05, 0.1) is 0 Å². The van der Waals surface area contributed by atoms with Gasteiger partial charge in [0, 0.05) is 41.8 Å². The topological polar surface area (TPSA) is 58.4 Å². The van der Waals surface area contributed by atoms with Crippen LogP contribution in [-0.2, 0) is 0 Å². The van der Waals surface area contributed by atoms with Crippen molar-refractivity contribution in [1.29, 1.82) is 0 Å². The first kappa shape index (κ1) is 15.1. The molecule has 116 valence electrons. The number of carbonyl (C=O) groups excluding carboxylic acids is 1.